The minimum Gasteiger partial charge on any atom is -0.339 e. The molecule has 2 rings (SSSR count). The van der Waals surface area contributed by atoms with Crippen LogP contribution < -0.4 is 5.32 Å². The van der Waals surface area contributed by atoms with E-state index >= 15 is 0 Å². The van der Waals surface area contributed by atoms with E-state index in [9.17, 15) is 27.6 Å². The van der Waals surface area contributed by atoms with Gasteiger partial charge < -0.3 is 15.1 Å². The third kappa shape index (κ3) is 4.62. The van der Waals surface area contributed by atoms with Crippen molar-refractivity contribution in [2.45, 2.75) is 13.1 Å². The summed E-state index contributed by atoms with van der Waals surface area (Å²) in [5, 5.41) is 1.64. The Kier molecular flexibility index (Phi) is 5.56. The number of amides is 3. The fraction of sp³-hybridized carbons (Fsp3) is 0.400. The number of nitrogens with one attached hydrogen (secondary N) is 1. The third-order valence-electron chi connectivity index (χ3n) is 3.74. The zero-order chi connectivity index (χ0) is 18.8. The molecule has 0 aromatic heterocycles. The van der Waals surface area contributed by atoms with Crippen LogP contribution in [0.5, 0.6) is 0 Å². The molecule has 1 heterocycles. The second kappa shape index (κ2) is 7.30. The average molecular weight is 378 g/mol. The first-order valence-electron chi connectivity index (χ1n) is 7.32. The van der Waals surface area contributed by atoms with Crippen molar-refractivity contribution in [3.63, 3.8) is 0 Å². The van der Waals surface area contributed by atoms with Gasteiger partial charge >= 0.3 is 18.0 Å². The SMILES string of the molecule is CC(=O)N1CCN(C(=O)C(=O)Nc2ccc(Cl)c(C(F)(F)F)c2)CC1. The van der Waals surface area contributed by atoms with E-state index in [0.717, 1.165) is 6.07 Å². The summed E-state index contributed by atoms with van der Waals surface area (Å²) >= 11 is 5.50. The quantitative estimate of drug-likeness (QED) is 0.761. The number of alkyl halides is 3. The maximum atomic E-state index is 12.8. The van der Waals surface area contributed by atoms with Gasteiger partial charge in [0, 0.05) is 38.8 Å². The second-order valence-electron chi connectivity index (χ2n) is 5.44. The topological polar surface area (TPSA) is 69.7 Å². The first kappa shape index (κ1) is 19.0. The van der Waals surface area contributed by atoms with E-state index in [2.05, 4.69) is 5.32 Å². The molecule has 0 spiro atoms. The molecule has 0 atom stereocenters. The first-order chi connectivity index (χ1) is 11.6. The summed E-state index contributed by atoms with van der Waals surface area (Å²) in [4.78, 5) is 38.1. The van der Waals surface area contributed by atoms with Gasteiger partial charge in [-0.15, -0.1) is 0 Å². The molecule has 0 bridgehead atoms. The van der Waals surface area contributed by atoms with E-state index in [0.29, 0.717) is 19.2 Å². The molecular formula is C15H15ClF3N3O3. The van der Waals surface area contributed by atoms with Gasteiger partial charge in [0.1, 0.15) is 0 Å². The van der Waals surface area contributed by atoms with Crippen LogP contribution in [0.4, 0.5) is 18.9 Å². The average Bonchev–Trinajstić information content (AvgIpc) is 2.55. The highest BCUT2D eigenvalue weighted by molar-refractivity contribution is 6.39. The van der Waals surface area contributed by atoms with Crippen molar-refractivity contribution in [2.75, 3.05) is 31.5 Å². The normalized spacial score (nSPS) is 15.1. The van der Waals surface area contributed by atoms with Crippen LogP contribution in [0.1, 0.15) is 12.5 Å². The standard InChI is InChI=1S/C15H15ClF3N3O3/c1-9(23)21-4-6-22(7-5-21)14(25)13(24)20-10-2-3-12(16)11(8-10)15(17,18)19/h2-3,8H,4-7H2,1H3,(H,20,24). The number of halogens is 4. The van der Waals surface area contributed by atoms with Crippen LogP contribution in [0.3, 0.4) is 0 Å². The summed E-state index contributed by atoms with van der Waals surface area (Å²) in [5.74, 6) is -2.05. The van der Waals surface area contributed by atoms with Crippen LogP contribution in [-0.2, 0) is 20.6 Å². The van der Waals surface area contributed by atoms with E-state index in [1.165, 1.54) is 22.8 Å². The predicted molar refractivity (Wildman–Crippen MR) is 83.9 cm³/mol. The Morgan fingerprint density at radius 3 is 2.16 bits per heavy atom. The lowest BCUT2D eigenvalue weighted by Crippen LogP contribution is -2.52. The van der Waals surface area contributed by atoms with Crippen molar-refractivity contribution in [2.24, 2.45) is 0 Å². The lowest BCUT2D eigenvalue weighted by Gasteiger charge is -2.33. The summed E-state index contributed by atoms with van der Waals surface area (Å²) in [6.07, 6.45) is -4.68. The second-order valence-corrected chi connectivity index (χ2v) is 5.85. The van der Waals surface area contributed by atoms with Crippen molar-refractivity contribution in [1.82, 2.24) is 9.80 Å². The van der Waals surface area contributed by atoms with Gasteiger partial charge in [0.15, 0.2) is 0 Å². The minimum atomic E-state index is -4.68. The van der Waals surface area contributed by atoms with Crippen molar-refractivity contribution in [3.8, 4) is 0 Å². The summed E-state index contributed by atoms with van der Waals surface area (Å²) in [5.41, 5.74) is -1.29. The zero-order valence-corrected chi connectivity index (χ0v) is 13.9. The summed E-state index contributed by atoms with van der Waals surface area (Å²) in [6.45, 7) is 2.37. The molecule has 0 saturated carbocycles. The largest absolute Gasteiger partial charge is 0.417 e. The molecule has 1 aliphatic rings. The maximum Gasteiger partial charge on any atom is 0.417 e. The molecule has 1 N–H and O–H groups in total. The first-order valence-corrected chi connectivity index (χ1v) is 7.70. The van der Waals surface area contributed by atoms with Gasteiger partial charge in [0.2, 0.25) is 5.91 Å². The van der Waals surface area contributed by atoms with Crippen LogP contribution in [0.15, 0.2) is 18.2 Å². The molecule has 1 aromatic carbocycles. The van der Waals surface area contributed by atoms with Gasteiger partial charge in [-0.25, -0.2) is 0 Å². The Bertz CT molecular complexity index is 701. The summed E-state index contributed by atoms with van der Waals surface area (Å²) < 4.78 is 38.4. The number of carbonyl (C=O) groups is 3. The predicted octanol–water partition coefficient (Wildman–Crippen LogP) is 1.99. The van der Waals surface area contributed by atoms with Gasteiger partial charge in [-0.05, 0) is 18.2 Å². The van der Waals surface area contributed by atoms with E-state index < -0.39 is 28.6 Å². The van der Waals surface area contributed by atoms with Gasteiger partial charge in [-0.2, -0.15) is 13.2 Å². The van der Waals surface area contributed by atoms with E-state index in [1.54, 1.807) is 0 Å². The number of nitrogens with zero attached hydrogens (tertiary/aromatic N) is 2. The van der Waals surface area contributed by atoms with E-state index in [1.807, 2.05) is 0 Å². The molecule has 136 valence electrons. The van der Waals surface area contributed by atoms with Crippen LogP contribution in [0.2, 0.25) is 5.02 Å². The molecule has 0 aliphatic carbocycles. The highest BCUT2D eigenvalue weighted by atomic mass is 35.5. The molecule has 1 saturated heterocycles. The van der Waals surface area contributed by atoms with Crippen LogP contribution >= 0.6 is 11.6 Å². The fourth-order valence-electron chi connectivity index (χ4n) is 2.37. The highest BCUT2D eigenvalue weighted by Crippen LogP contribution is 2.36. The van der Waals surface area contributed by atoms with Gasteiger partial charge in [0.05, 0.1) is 10.6 Å². The zero-order valence-electron chi connectivity index (χ0n) is 13.2. The molecule has 1 aliphatic heterocycles. The smallest absolute Gasteiger partial charge is 0.339 e. The number of carbonyl (C=O) groups excluding carboxylic acids is 3. The maximum absolute atomic E-state index is 12.8. The van der Waals surface area contributed by atoms with Crippen LogP contribution in [0.25, 0.3) is 0 Å². The molecule has 1 fully saturated rings. The Labute approximate surface area is 146 Å². The van der Waals surface area contributed by atoms with Gasteiger partial charge in [-0.3, -0.25) is 14.4 Å². The lowest BCUT2D eigenvalue weighted by atomic mass is 10.2. The van der Waals surface area contributed by atoms with Gasteiger partial charge in [0.25, 0.3) is 0 Å². The van der Waals surface area contributed by atoms with E-state index in [4.69, 9.17) is 11.6 Å². The number of hydrogen-bond acceptors (Lipinski definition) is 3. The number of piperazine rings is 1. The van der Waals surface area contributed by atoms with Crippen molar-refractivity contribution < 1.29 is 27.6 Å². The third-order valence-corrected chi connectivity index (χ3v) is 4.07. The van der Waals surface area contributed by atoms with E-state index in [-0.39, 0.29) is 24.7 Å². The monoisotopic (exact) mass is 377 g/mol. The number of hydrogen-bond donors (Lipinski definition) is 1. The summed E-state index contributed by atoms with van der Waals surface area (Å²) in [6, 6.07) is 2.84. The molecule has 3 amide bonds. The van der Waals surface area contributed by atoms with Crippen molar-refractivity contribution >= 4 is 35.0 Å². The number of benzene rings is 1. The number of rotatable bonds is 1. The molecule has 1 aromatic rings. The molecular weight excluding hydrogens is 363 g/mol. The lowest BCUT2D eigenvalue weighted by molar-refractivity contribution is -0.145. The fourth-order valence-corrected chi connectivity index (χ4v) is 2.60. The molecule has 10 heteroatoms. The van der Waals surface area contributed by atoms with Crippen molar-refractivity contribution in [3.05, 3.63) is 28.8 Å². The Morgan fingerprint density at radius 1 is 1.08 bits per heavy atom. The van der Waals surface area contributed by atoms with Crippen LogP contribution in [0, 0.1) is 0 Å². The minimum absolute atomic E-state index is 0.127. The molecule has 6 nitrogen and oxygen atoms in total. The Hall–Kier alpha value is -2.29. The van der Waals surface area contributed by atoms with Crippen LogP contribution in [-0.4, -0.2) is 53.7 Å². The Morgan fingerprint density at radius 2 is 1.64 bits per heavy atom. The summed E-state index contributed by atoms with van der Waals surface area (Å²) in [7, 11) is 0. The molecule has 25 heavy (non-hydrogen) atoms. The number of anilines is 1. The molecule has 0 radical (unpaired) electrons. The van der Waals surface area contributed by atoms with Crippen molar-refractivity contribution in [1.29, 1.82) is 0 Å². The Balaban J connectivity index is 2.03. The highest BCUT2D eigenvalue weighted by Gasteiger charge is 2.34. The van der Waals surface area contributed by atoms with Gasteiger partial charge in [-0.1, -0.05) is 11.6 Å². The molecule has 0 unspecified atom stereocenters.